The summed E-state index contributed by atoms with van der Waals surface area (Å²) in [5.74, 6) is 0. The van der Waals surface area contributed by atoms with E-state index in [1.807, 2.05) is 6.07 Å². The summed E-state index contributed by atoms with van der Waals surface area (Å²) >= 11 is 5.65. The van der Waals surface area contributed by atoms with Gasteiger partial charge in [-0.05, 0) is 24.6 Å². The second kappa shape index (κ2) is 2.72. The van der Waals surface area contributed by atoms with E-state index in [1.54, 1.807) is 18.2 Å². The first-order valence-electron chi connectivity index (χ1n) is 2.75. The predicted molar refractivity (Wildman–Crippen MR) is 40.6 cm³/mol. The van der Waals surface area contributed by atoms with E-state index in [4.69, 9.17) is 16.9 Å². The maximum Gasteiger partial charge on any atom is 0.101 e. The van der Waals surface area contributed by atoms with E-state index in [-0.39, 0.29) is 0 Å². The molecule has 0 heterocycles. The average molecular weight is 151 g/mol. The smallest absolute Gasteiger partial charge is 0.101 e. The number of hydrogen-bond acceptors (Lipinski definition) is 1. The minimum atomic E-state index is 0.481. The van der Waals surface area contributed by atoms with Gasteiger partial charge in [0.2, 0.25) is 0 Å². The Labute approximate surface area is 64.9 Å². The third kappa shape index (κ3) is 1.29. The van der Waals surface area contributed by atoms with Crippen molar-refractivity contribution in [2.24, 2.45) is 0 Å². The van der Waals surface area contributed by atoms with Gasteiger partial charge in [0, 0.05) is 0 Å². The molecule has 1 nitrogen and oxygen atoms in total. The monoisotopic (exact) mass is 150 g/mol. The highest BCUT2D eigenvalue weighted by Gasteiger charge is 1.96. The molecule has 1 aromatic carbocycles. The van der Waals surface area contributed by atoms with Gasteiger partial charge in [-0.25, -0.2) is 0 Å². The first-order chi connectivity index (χ1) is 4.74. The van der Waals surface area contributed by atoms with E-state index in [2.05, 4.69) is 6.92 Å². The fraction of sp³-hybridized carbons (Fsp3) is 0. The molecule has 2 heteroatoms. The molecule has 0 aromatic heterocycles. The van der Waals surface area contributed by atoms with Crippen molar-refractivity contribution in [2.45, 2.75) is 0 Å². The number of halogens is 1. The Bertz CT molecular complexity index is 286. The summed E-state index contributed by atoms with van der Waals surface area (Å²) in [7, 11) is 0. The number of rotatable bonds is 0. The van der Waals surface area contributed by atoms with Crippen molar-refractivity contribution in [2.75, 3.05) is 0 Å². The van der Waals surface area contributed by atoms with Crippen LogP contribution in [0, 0.1) is 18.3 Å². The maximum absolute atomic E-state index is 8.48. The lowest BCUT2D eigenvalue weighted by Crippen LogP contribution is -1.77. The molecule has 0 atom stereocenters. The topological polar surface area (TPSA) is 23.8 Å². The molecule has 1 radical (unpaired) electrons. The molecule has 0 saturated carbocycles. The zero-order valence-electron chi connectivity index (χ0n) is 5.26. The first-order valence-corrected chi connectivity index (χ1v) is 3.13. The van der Waals surface area contributed by atoms with Crippen LogP contribution in [0.4, 0.5) is 0 Å². The molecule has 0 amide bonds. The molecule has 0 bridgehead atoms. The van der Waals surface area contributed by atoms with Crippen molar-refractivity contribution in [1.82, 2.24) is 0 Å². The molecule has 0 N–H and O–H groups in total. The van der Waals surface area contributed by atoms with Crippen molar-refractivity contribution in [1.29, 1.82) is 5.26 Å². The van der Waals surface area contributed by atoms with E-state index in [0.29, 0.717) is 10.6 Å². The van der Waals surface area contributed by atoms with Crippen LogP contribution in [0.2, 0.25) is 5.02 Å². The Morgan fingerprint density at radius 2 is 2.20 bits per heavy atom. The molecule has 0 aliphatic heterocycles. The third-order valence-corrected chi connectivity index (χ3v) is 1.48. The molecule has 0 fully saturated rings. The number of nitriles is 1. The van der Waals surface area contributed by atoms with Crippen LogP contribution in [0.1, 0.15) is 11.1 Å². The summed E-state index contributed by atoms with van der Waals surface area (Å²) in [6.07, 6.45) is 0. The first kappa shape index (κ1) is 7.11. The van der Waals surface area contributed by atoms with Crippen LogP contribution in [-0.2, 0) is 0 Å². The fourth-order valence-corrected chi connectivity index (χ4v) is 0.818. The van der Waals surface area contributed by atoms with Crippen molar-refractivity contribution >= 4 is 11.6 Å². The summed E-state index contributed by atoms with van der Waals surface area (Å²) in [5.41, 5.74) is 1.29. The third-order valence-electron chi connectivity index (χ3n) is 1.15. The van der Waals surface area contributed by atoms with Gasteiger partial charge in [0.15, 0.2) is 0 Å². The van der Waals surface area contributed by atoms with Gasteiger partial charge in [-0.2, -0.15) is 5.26 Å². The van der Waals surface area contributed by atoms with Gasteiger partial charge in [0.25, 0.3) is 0 Å². The van der Waals surface area contributed by atoms with Crippen molar-refractivity contribution in [3.8, 4) is 6.07 Å². The van der Waals surface area contributed by atoms with E-state index < -0.39 is 0 Å². The minimum Gasteiger partial charge on any atom is -0.192 e. The van der Waals surface area contributed by atoms with Crippen LogP contribution < -0.4 is 0 Å². The van der Waals surface area contributed by atoms with Crippen LogP contribution in [0.25, 0.3) is 0 Å². The summed E-state index contributed by atoms with van der Waals surface area (Å²) in [4.78, 5) is 0. The lowest BCUT2D eigenvalue weighted by atomic mass is 10.2. The van der Waals surface area contributed by atoms with Gasteiger partial charge in [-0.15, -0.1) is 0 Å². The Balaban J connectivity index is 3.25. The highest BCUT2D eigenvalue weighted by Crippen LogP contribution is 2.15. The summed E-state index contributed by atoms with van der Waals surface area (Å²) in [6.45, 7) is 3.66. The lowest BCUT2D eigenvalue weighted by Gasteiger charge is -1.94. The molecular weight excluding hydrogens is 146 g/mol. The second-order valence-electron chi connectivity index (χ2n) is 1.93. The lowest BCUT2D eigenvalue weighted by molar-refractivity contribution is 1.47. The number of benzene rings is 1. The molecule has 10 heavy (non-hydrogen) atoms. The zero-order valence-corrected chi connectivity index (χ0v) is 6.02. The summed E-state index contributed by atoms with van der Waals surface area (Å²) in [6, 6.07) is 7.06. The normalized spacial score (nSPS) is 8.90. The fourth-order valence-electron chi connectivity index (χ4n) is 0.658. The molecule has 0 spiro atoms. The largest absolute Gasteiger partial charge is 0.192 e. The molecule has 0 unspecified atom stereocenters. The van der Waals surface area contributed by atoms with E-state index in [1.165, 1.54) is 0 Å². The SMILES string of the molecule is [CH2]c1ccc(Cl)c(C#N)c1. The summed E-state index contributed by atoms with van der Waals surface area (Å²) < 4.78 is 0. The Hall–Kier alpha value is -1.00. The number of nitrogens with zero attached hydrogens (tertiary/aromatic N) is 1. The molecular formula is C8H5ClN. The zero-order chi connectivity index (χ0) is 7.56. The number of hydrogen-bond donors (Lipinski definition) is 0. The van der Waals surface area contributed by atoms with E-state index >= 15 is 0 Å². The van der Waals surface area contributed by atoms with Crippen molar-refractivity contribution in [3.05, 3.63) is 41.3 Å². The van der Waals surface area contributed by atoms with Crippen molar-refractivity contribution < 1.29 is 0 Å². The average Bonchev–Trinajstić information content (AvgIpc) is 1.94. The van der Waals surface area contributed by atoms with Crippen LogP contribution in [0.3, 0.4) is 0 Å². The van der Waals surface area contributed by atoms with Gasteiger partial charge < -0.3 is 0 Å². The van der Waals surface area contributed by atoms with E-state index in [0.717, 1.165) is 5.56 Å². The van der Waals surface area contributed by atoms with Crippen LogP contribution in [0.5, 0.6) is 0 Å². The van der Waals surface area contributed by atoms with Gasteiger partial charge in [0.1, 0.15) is 6.07 Å². The highest BCUT2D eigenvalue weighted by molar-refractivity contribution is 6.31. The molecule has 1 aromatic rings. The van der Waals surface area contributed by atoms with Crippen LogP contribution in [0.15, 0.2) is 18.2 Å². The quantitative estimate of drug-likeness (QED) is 0.557. The van der Waals surface area contributed by atoms with Gasteiger partial charge >= 0.3 is 0 Å². The minimum absolute atomic E-state index is 0.481. The molecule has 0 saturated heterocycles. The molecule has 1 rings (SSSR count). The highest BCUT2D eigenvalue weighted by atomic mass is 35.5. The van der Waals surface area contributed by atoms with Crippen LogP contribution >= 0.6 is 11.6 Å². The summed E-state index contributed by atoms with van der Waals surface area (Å²) in [5, 5.41) is 8.96. The van der Waals surface area contributed by atoms with Crippen LogP contribution in [-0.4, -0.2) is 0 Å². The van der Waals surface area contributed by atoms with E-state index in [9.17, 15) is 0 Å². The molecule has 0 aliphatic rings. The van der Waals surface area contributed by atoms with Gasteiger partial charge in [-0.3, -0.25) is 0 Å². The van der Waals surface area contributed by atoms with Gasteiger partial charge in [-0.1, -0.05) is 17.7 Å². The van der Waals surface area contributed by atoms with Gasteiger partial charge in [0.05, 0.1) is 10.6 Å². The Morgan fingerprint density at radius 3 is 2.70 bits per heavy atom. The molecule has 0 aliphatic carbocycles. The maximum atomic E-state index is 8.48. The van der Waals surface area contributed by atoms with Crippen molar-refractivity contribution in [3.63, 3.8) is 0 Å². The Kier molecular flexibility index (Phi) is 1.94. The standard InChI is InChI=1S/C8H5ClN/c1-6-2-3-8(9)7(4-6)5-10/h2-4H,1H2. The predicted octanol–water partition coefficient (Wildman–Crippen LogP) is 2.39. The second-order valence-corrected chi connectivity index (χ2v) is 2.33. The Morgan fingerprint density at radius 1 is 1.50 bits per heavy atom. The molecule has 49 valence electrons.